The summed E-state index contributed by atoms with van der Waals surface area (Å²) in [4.78, 5) is 5.29. The summed E-state index contributed by atoms with van der Waals surface area (Å²) < 4.78 is 0. The highest BCUT2D eigenvalue weighted by molar-refractivity contribution is 4.91. The molecule has 0 aromatic carbocycles. The third-order valence-electron chi connectivity index (χ3n) is 4.43. The summed E-state index contributed by atoms with van der Waals surface area (Å²) in [5.41, 5.74) is 0. The molecule has 2 fully saturated rings. The predicted molar refractivity (Wildman–Crippen MR) is 68.8 cm³/mol. The van der Waals surface area contributed by atoms with Crippen LogP contribution in [0, 0.1) is 0 Å². The maximum absolute atomic E-state index is 3.36. The maximum atomic E-state index is 3.36. The highest BCUT2D eigenvalue weighted by Gasteiger charge is 2.34. The van der Waals surface area contributed by atoms with Gasteiger partial charge in [-0.25, -0.2) is 0 Å². The van der Waals surface area contributed by atoms with E-state index in [-0.39, 0.29) is 0 Å². The number of hydrogen-bond acceptors (Lipinski definition) is 3. The molecule has 0 bridgehead atoms. The third-order valence-corrected chi connectivity index (χ3v) is 4.43. The number of hydrogen-bond donors (Lipinski definition) is 1. The zero-order valence-electron chi connectivity index (χ0n) is 11.1. The molecule has 3 heteroatoms. The van der Waals surface area contributed by atoms with E-state index < -0.39 is 0 Å². The van der Waals surface area contributed by atoms with Gasteiger partial charge in [-0.15, -0.1) is 0 Å². The standard InChI is InChI=1S/C13H27N3/c1-11-9-16(12-6-4-5-7-12)13(8-14-2)10-15(11)3/h11-14H,4-10H2,1-3H3. The monoisotopic (exact) mass is 225 g/mol. The van der Waals surface area contributed by atoms with Crippen molar-refractivity contribution in [2.75, 3.05) is 33.7 Å². The van der Waals surface area contributed by atoms with Crippen molar-refractivity contribution in [2.45, 2.75) is 50.7 Å². The normalized spacial score (nSPS) is 34.7. The summed E-state index contributed by atoms with van der Waals surface area (Å²) in [5.74, 6) is 0. The van der Waals surface area contributed by atoms with E-state index in [0.29, 0.717) is 12.1 Å². The molecule has 3 nitrogen and oxygen atoms in total. The van der Waals surface area contributed by atoms with Gasteiger partial charge in [0.2, 0.25) is 0 Å². The van der Waals surface area contributed by atoms with Crippen molar-refractivity contribution in [1.82, 2.24) is 15.1 Å². The van der Waals surface area contributed by atoms with Crippen molar-refractivity contribution in [2.24, 2.45) is 0 Å². The molecule has 1 aliphatic carbocycles. The van der Waals surface area contributed by atoms with E-state index in [1.807, 2.05) is 0 Å². The average Bonchev–Trinajstić information content (AvgIpc) is 2.76. The van der Waals surface area contributed by atoms with Crippen LogP contribution in [0.3, 0.4) is 0 Å². The van der Waals surface area contributed by atoms with Gasteiger partial charge in [-0.1, -0.05) is 12.8 Å². The van der Waals surface area contributed by atoms with Crippen LogP contribution < -0.4 is 5.32 Å². The molecule has 1 heterocycles. The first-order valence-corrected chi connectivity index (χ1v) is 6.83. The number of rotatable bonds is 3. The molecule has 2 aliphatic rings. The smallest absolute Gasteiger partial charge is 0.0351 e. The van der Waals surface area contributed by atoms with Crippen LogP contribution >= 0.6 is 0 Å². The van der Waals surface area contributed by atoms with Crippen LogP contribution in [-0.2, 0) is 0 Å². The van der Waals surface area contributed by atoms with E-state index in [2.05, 4.69) is 36.1 Å². The number of nitrogens with one attached hydrogen (secondary N) is 1. The summed E-state index contributed by atoms with van der Waals surface area (Å²) >= 11 is 0. The molecule has 0 radical (unpaired) electrons. The van der Waals surface area contributed by atoms with Gasteiger partial charge in [0.15, 0.2) is 0 Å². The lowest BCUT2D eigenvalue weighted by Gasteiger charge is -2.46. The van der Waals surface area contributed by atoms with E-state index in [9.17, 15) is 0 Å². The topological polar surface area (TPSA) is 18.5 Å². The molecule has 2 unspecified atom stereocenters. The van der Waals surface area contributed by atoms with E-state index in [1.54, 1.807) is 0 Å². The van der Waals surface area contributed by atoms with Crippen LogP contribution in [0.4, 0.5) is 0 Å². The Balaban J connectivity index is 2.00. The number of nitrogens with zero attached hydrogens (tertiary/aromatic N) is 2. The Hall–Kier alpha value is -0.120. The summed E-state index contributed by atoms with van der Waals surface area (Å²) in [7, 11) is 4.34. The van der Waals surface area contributed by atoms with E-state index >= 15 is 0 Å². The Bertz CT molecular complexity index is 213. The quantitative estimate of drug-likeness (QED) is 0.777. The number of piperazine rings is 1. The molecule has 1 aliphatic heterocycles. The molecule has 0 amide bonds. The van der Waals surface area contributed by atoms with Gasteiger partial charge in [0, 0.05) is 37.8 Å². The van der Waals surface area contributed by atoms with Crippen LogP contribution in [0.15, 0.2) is 0 Å². The van der Waals surface area contributed by atoms with Gasteiger partial charge in [0.1, 0.15) is 0 Å². The fourth-order valence-electron chi connectivity index (χ4n) is 3.31. The number of likely N-dealkylation sites (N-methyl/N-ethyl adjacent to an activating group) is 2. The van der Waals surface area contributed by atoms with Gasteiger partial charge in [-0.2, -0.15) is 0 Å². The molecule has 1 saturated carbocycles. The molecule has 2 atom stereocenters. The Kier molecular flexibility index (Phi) is 4.22. The van der Waals surface area contributed by atoms with Crippen LogP contribution in [0.1, 0.15) is 32.6 Å². The molecular formula is C13H27N3. The fourth-order valence-corrected chi connectivity index (χ4v) is 3.31. The van der Waals surface area contributed by atoms with Crippen LogP contribution in [-0.4, -0.2) is 61.7 Å². The fraction of sp³-hybridized carbons (Fsp3) is 1.00. The Labute approximate surface area is 100 Å². The SMILES string of the molecule is CNCC1CN(C)C(C)CN1C1CCCC1. The van der Waals surface area contributed by atoms with Gasteiger partial charge in [-0.3, -0.25) is 4.90 Å². The lowest BCUT2D eigenvalue weighted by molar-refractivity contribution is 0.0230. The first-order chi connectivity index (χ1) is 7.72. The average molecular weight is 225 g/mol. The second-order valence-electron chi connectivity index (χ2n) is 5.64. The largest absolute Gasteiger partial charge is 0.318 e. The molecule has 0 aromatic rings. The van der Waals surface area contributed by atoms with Gasteiger partial charge in [0.25, 0.3) is 0 Å². The van der Waals surface area contributed by atoms with Gasteiger partial charge in [-0.05, 0) is 33.9 Å². The zero-order chi connectivity index (χ0) is 11.5. The van der Waals surface area contributed by atoms with Crippen LogP contribution in [0.5, 0.6) is 0 Å². The third kappa shape index (κ3) is 2.58. The minimum atomic E-state index is 0.716. The molecule has 1 saturated heterocycles. The van der Waals surface area contributed by atoms with Gasteiger partial charge in [0.05, 0.1) is 0 Å². The van der Waals surface area contributed by atoms with Crippen molar-refractivity contribution < 1.29 is 0 Å². The minimum absolute atomic E-state index is 0.716. The Morgan fingerprint density at radius 2 is 1.88 bits per heavy atom. The summed E-state index contributed by atoms with van der Waals surface area (Å²) in [6.07, 6.45) is 5.74. The van der Waals surface area contributed by atoms with Crippen LogP contribution in [0.25, 0.3) is 0 Å². The van der Waals surface area contributed by atoms with Crippen molar-refractivity contribution in [3.8, 4) is 0 Å². The van der Waals surface area contributed by atoms with Crippen molar-refractivity contribution in [1.29, 1.82) is 0 Å². The molecule has 16 heavy (non-hydrogen) atoms. The maximum Gasteiger partial charge on any atom is 0.0351 e. The first kappa shape index (κ1) is 12.3. The summed E-state index contributed by atoms with van der Waals surface area (Å²) in [6.45, 7) is 5.97. The second kappa shape index (κ2) is 5.48. The lowest BCUT2D eigenvalue weighted by atomic mass is 10.0. The first-order valence-electron chi connectivity index (χ1n) is 6.83. The minimum Gasteiger partial charge on any atom is -0.318 e. The molecular weight excluding hydrogens is 198 g/mol. The van der Waals surface area contributed by atoms with Gasteiger partial charge >= 0.3 is 0 Å². The van der Waals surface area contributed by atoms with E-state index in [0.717, 1.165) is 12.6 Å². The van der Waals surface area contributed by atoms with Crippen molar-refractivity contribution >= 4 is 0 Å². The van der Waals surface area contributed by atoms with Gasteiger partial charge < -0.3 is 10.2 Å². The molecule has 0 aromatic heterocycles. The lowest BCUT2D eigenvalue weighted by Crippen LogP contribution is -2.60. The summed E-state index contributed by atoms with van der Waals surface area (Å²) in [5, 5.41) is 3.36. The highest BCUT2D eigenvalue weighted by Crippen LogP contribution is 2.27. The summed E-state index contributed by atoms with van der Waals surface area (Å²) in [6, 6.07) is 2.30. The molecule has 0 spiro atoms. The van der Waals surface area contributed by atoms with E-state index in [1.165, 1.54) is 38.8 Å². The van der Waals surface area contributed by atoms with Crippen LogP contribution in [0.2, 0.25) is 0 Å². The van der Waals surface area contributed by atoms with Crippen molar-refractivity contribution in [3.63, 3.8) is 0 Å². The van der Waals surface area contributed by atoms with E-state index in [4.69, 9.17) is 0 Å². The molecule has 2 rings (SSSR count). The Morgan fingerprint density at radius 3 is 2.50 bits per heavy atom. The highest BCUT2D eigenvalue weighted by atomic mass is 15.3. The predicted octanol–water partition coefficient (Wildman–Crippen LogP) is 1.15. The molecule has 94 valence electrons. The second-order valence-corrected chi connectivity index (χ2v) is 5.64. The Morgan fingerprint density at radius 1 is 1.19 bits per heavy atom. The van der Waals surface area contributed by atoms with Crippen molar-refractivity contribution in [3.05, 3.63) is 0 Å². The zero-order valence-corrected chi connectivity index (χ0v) is 11.1. The molecule has 1 N–H and O–H groups in total.